The van der Waals surface area contributed by atoms with Gasteiger partial charge in [0.05, 0.1) is 23.0 Å². The lowest BCUT2D eigenvalue weighted by Gasteiger charge is -2.07. The summed E-state index contributed by atoms with van der Waals surface area (Å²) >= 11 is 0. The Morgan fingerprint density at radius 1 is 1.04 bits per heavy atom. The maximum Gasteiger partial charge on any atom is 0.273 e. The molecule has 6 nitrogen and oxygen atoms in total. The zero-order valence-electron chi connectivity index (χ0n) is 15.4. The minimum Gasteiger partial charge on any atom is -0.326 e. The topological polar surface area (TPSA) is 83.5 Å². The van der Waals surface area contributed by atoms with E-state index in [0.29, 0.717) is 16.9 Å². The van der Waals surface area contributed by atoms with Gasteiger partial charge in [0.1, 0.15) is 0 Å². The molecule has 0 saturated carbocycles. The molecule has 0 atom stereocenters. The SMILES string of the molecule is CC(=O)Nc1ccc(C=NNC(=O)c2cc3cc(C)ccc3nc2C)cc1. The molecule has 0 aliphatic heterocycles. The summed E-state index contributed by atoms with van der Waals surface area (Å²) in [7, 11) is 0. The molecule has 1 aromatic heterocycles. The first-order valence-corrected chi connectivity index (χ1v) is 8.51. The van der Waals surface area contributed by atoms with Crippen molar-refractivity contribution in [2.75, 3.05) is 5.32 Å². The van der Waals surface area contributed by atoms with Gasteiger partial charge < -0.3 is 5.32 Å². The van der Waals surface area contributed by atoms with Crippen molar-refractivity contribution in [3.8, 4) is 0 Å². The summed E-state index contributed by atoms with van der Waals surface area (Å²) < 4.78 is 0. The van der Waals surface area contributed by atoms with Crippen LogP contribution in [-0.2, 0) is 4.79 Å². The number of hydrogen-bond donors (Lipinski definition) is 2. The quantitative estimate of drug-likeness (QED) is 0.551. The van der Waals surface area contributed by atoms with Crippen LogP contribution >= 0.6 is 0 Å². The van der Waals surface area contributed by atoms with Gasteiger partial charge >= 0.3 is 0 Å². The Hall–Kier alpha value is -3.54. The van der Waals surface area contributed by atoms with E-state index in [0.717, 1.165) is 22.0 Å². The number of pyridine rings is 1. The summed E-state index contributed by atoms with van der Waals surface area (Å²) in [6, 6.07) is 14.9. The lowest BCUT2D eigenvalue weighted by Crippen LogP contribution is -2.19. The van der Waals surface area contributed by atoms with Crippen LogP contribution in [0, 0.1) is 13.8 Å². The summed E-state index contributed by atoms with van der Waals surface area (Å²) in [6.45, 7) is 5.26. The first-order chi connectivity index (χ1) is 12.9. The molecule has 0 spiro atoms. The molecule has 2 aromatic carbocycles. The van der Waals surface area contributed by atoms with Crippen molar-refractivity contribution in [2.45, 2.75) is 20.8 Å². The monoisotopic (exact) mass is 360 g/mol. The second-order valence-electron chi connectivity index (χ2n) is 6.32. The number of carbonyl (C=O) groups excluding carboxylic acids is 2. The van der Waals surface area contributed by atoms with Gasteiger partial charge in [0.2, 0.25) is 5.91 Å². The zero-order valence-corrected chi connectivity index (χ0v) is 15.4. The number of anilines is 1. The second-order valence-corrected chi connectivity index (χ2v) is 6.32. The molecule has 0 saturated heterocycles. The van der Waals surface area contributed by atoms with Crippen LogP contribution in [0.5, 0.6) is 0 Å². The Labute approximate surface area is 157 Å². The van der Waals surface area contributed by atoms with Gasteiger partial charge in [-0.25, -0.2) is 5.43 Å². The molecule has 0 bridgehead atoms. The molecule has 136 valence electrons. The van der Waals surface area contributed by atoms with Crippen molar-refractivity contribution < 1.29 is 9.59 Å². The first kappa shape index (κ1) is 18.3. The van der Waals surface area contributed by atoms with E-state index in [-0.39, 0.29) is 11.8 Å². The molecule has 6 heteroatoms. The number of nitrogens with zero attached hydrogens (tertiary/aromatic N) is 2. The van der Waals surface area contributed by atoms with E-state index >= 15 is 0 Å². The number of nitrogens with one attached hydrogen (secondary N) is 2. The Bertz CT molecular complexity index is 1040. The predicted octanol–water partition coefficient (Wildman–Crippen LogP) is 3.57. The van der Waals surface area contributed by atoms with Crippen LogP contribution < -0.4 is 10.7 Å². The summed E-state index contributed by atoms with van der Waals surface area (Å²) in [6.07, 6.45) is 1.55. The van der Waals surface area contributed by atoms with Crippen molar-refractivity contribution in [3.05, 3.63) is 70.9 Å². The molecule has 3 rings (SSSR count). The number of carbonyl (C=O) groups is 2. The number of aromatic nitrogens is 1. The highest BCUT2D eigenvalue weighted by molar-refractivity contribution is 5.99. The van der Waals surface area contributed by atoms with Gasteiger partial charge in [-0.2, -0.15) is 5.10 Å². The van der Waals surface area contributed by atoms with Crippen molar-refractivity contribution in [1.82, 2.24) is 10.4 Å². The van der Waals surface area contributed by atoms with Crippen LogP contribution in [-0.4, -0.2) is 23.0 Å². The van der Waals surface area contributed by atoms with Crippen molar-refractivity contribution in [1.29, 1.82) is 0 Å². The number of rotatable bonds is 4. The third-order valence-electron chi connectivity index (χ3n) is 4.02. The Balaban J connectivity index is 1.71. The standard InChI is InChI=1S/C21H20N4O2/c1-13-4-9-20-17(10-13)11-19(14(2)23-20)21(27)25-22-12-16-5-7-18(8-6-16)24-15(3)26/h4-12H,1-3H3,(H,24,26)(H,25,27). The predicted molar refractivity (Wildman–Crippen MR) is 107 cm³/mol. The Morgan fingerprint density at radius 3 is 2.48 bits per heavy atom. The largest absolute Gasteiger partial charge is 0.326 e. The molecular formula is C21H20N4O2. The molecule has 3 aromatic rings. The molecule has 0 aliphatic rings. The molecule has 0 radical (unpaired) electrons. The van der Waals surface area contributed by atoms with Gasteiger partial charge in [-0.3, -0.25) is 14.6 Å². The van der Waals surface area contributed by atoms with Crippen LogP contribution in [0.25, 0.3) is 10.9 Å². The van der Waals surface area contributed by atoms with Crippen molar-refractivity contribution in [2.24, 2.45) is 5.10 Å². The first-order valence-electron chi connectivity index (χ1n) is 8.51. The van der Waals surface area contributed by atoms with Gasteiger partial charge in [-0.05, 0) is 49.7 Å². The van der Waals surface area contributed by atoms with E-state index in [1.807, 2.05) is 31.2 Å². The minimum absolute atomic E-state index is 0.127. The van der Waals surface area contributed by atoms with E-state index in [9.17, 15) is 9.59 Å². The molecule has 0 unspecified atom stereocenters. The van der Waals surface area contributed by atoms with Gasteiger partial charge in [0.15, 0.2) is 0 Å². The number of aryl methyl sites for hydroxylation is 2. The fourth-order valence-corrected chi connectivity index (χ4v) is 2.70. The average molecular weight is 360 g/mol. The van der Waals surface area contributed by atoms with Gasteiger partial charge in [-0.15, -0.1) is 0 Å². The van der Waals surface area contributed by atoms with Crippen LogP contribution in [0.3, 0.4) is 0 Å². The van der Waals surface area contributed by atoms with Gasteiger partial charge in [0, 0.05) is 18.0 Å². The fraction of sp³-hybridized carbons (Fsp3) is 0.143. The lowest BCUT2D eigenvalue weighted by atomic mass is 10.1. The van der Waals surface area contributed by atoms with Gasteiger partial charge in [-0.1, -0.05) is 23.8 Å². The van der Waals surface area contributed by atoms with Crippen LogP contribution in [0.15, 0.2) is 53.6 Å². The highest BCUT2D eigenvalue weighted by atomic mass is 16.2. The maximum absolute atomic E-state index is 12.4. The molecule has 1 heterocycles. The zero-order chi connectivity index (χ0) is 19.4. The van der Waals surface area contributed by atoms with E-state index < -0.39 is 0 Å². The highest BCUT2D eigenvalue weighted by Crippen LogP contribution is 2.18. The van der Waals surface area contributed by atoms with Crippen molar-refractivity contribution in [3.63, 3.8) is 0 Å². The second kappa shape index (κ2) is 7.78. The third kappa shape index (κ3) is 4.55. The molecule has 2 N–H and O–H groups in total. The summed E-state index contributed by atoms with van der Waals surface area (Å²) in [5.74, 6) is -0.437. The number of benzene rings is 2. The smallest absolute Gasteiger partial charge is 0.273 e. The van der Waals surface area contributed by atoms with Gasteiger partial charge in [0.25, 0.3) is 5.91 Å². The average Bonchev–Trinajstić information content (AvgIpc) is 2.62. The molecular weight excluding hydrogens is 340 g/mol. The third-order valence-corrected chi connectivity index (χ3v) is 4.02. The molecule has 27 heavy (non-hydrogen) atoms. The lowest BCUT2D eigenvalue weighted by molar-refractivity contribution is -0.114. The van der Waals surface area contributed by atoms with E-state index in [1.54, 1.807) is 37.4 Å². The molecule has 2 amide bonds. The number of hydrazone groups is 1. The Kier molecular flexibility index (Phi) is 5.26. The number of amides is 2. The fourth-order valence-electron chi connectivity index (χ4n) is 2.70. The van der Waals surface area contributed by atoms with E-state index in [1.165, 1.54) is 6.92 Å². The van der Waals surface area contributed by atoms with E-state index in [4.69, 9.17) is 0 Å². The van der Waals surface area contributed by atoms with E-state index in [2.05, 4.69) is 20.8 Å². The van der Waals surface area contributed by atoms with Crippen LogP contribution in [0.1, 0.15) is 34.1 Å². The van der Waals surface area contributed by atoms with Crippen LogP contribution in [0.2, 0.25) is 0 Å². The number of hydrogen-bond acceptors (Lipinski definition) is 4. The summed E-state index contributed by atoms with van der Waals surface area (Å²) in [4.78, 5) is 28.0. The maximum atomic E-state index is 12.4. The summed E-state index contributed by atoms with van der Waals surface area (Å²) in [5, 5.41) is 7.62. The molecule has 0 aliphatic carbocycles. The van der Waals surface area contributed by atoms with Crippen molar-refractivity contribution >= 4 is 34.6 Å². The molecule has 0 fully saturated rings. The highest BCUT2D eigenvalue weighted by Gasteiger charge is 2.11. The normalized spacial score (nSPS) is 10.9. The van der Waals surface area contributed by atoms with Crippen LogP contribution in [0.4, 0.5) is 5.69 Å². The Morgan fingerprint density at radius 2 is 1.78 bits per heavy atom. The number of fused-ring (bicyclic) bond motifs is 1. The minimum atomic E-state index is -0.311. The summed E-state index contributed by atoms with van der Waals surface area (Å²) in [5.41, 5.74) is 7.15.